The van der Waals surface area contributed by atoms with Crippen molar-refractivity contribution in [3.8, 4) is 17.2 Å². The first-order chi connectivity index (χ1) is 13.8. The van der Waals surface area contributed by atoms with Crippen LogP contribution < -0.4 is 14.2 Å². The van der Waals surface area contributed by atoms with Crippen molar-refractivity contribution in [3.63, 3.8) is 0 Å². The standard InChI is InChI=1S/C23H32Br2O3/c1-26-22-18-21(27-16-10-4-2-8-14-24)19-12-6-7-13-20(19)23(22)28-17-11-5-3-9-15-25/h6-7,12-13,18H,2-5,8-11,14-17H2,1H3. The van der Waals surface area contributed by atoms with Crippen molar-refractivity contribution in [2.75, 3.05) is 31.0 Å². The molecule has 0 saturated heterocycles. The predicted molar refractivity (Wildman–Crippen MR) is 126 cm³/mol. The summed E-state index contributed by atoms with van der Waals surface area (Å²) in [5.41, 5.74) is 0. The minimum atomic E-state index is 0.705. The van der Waals surface area contributed by atoms with Crippen LogP contribution in [-0.2, 0) is 0 Å². The predicted octanol–water partition coefficient (Wildman–Crippen LogP) is 7.52. The third-order valence-corrected chi connectivity index (χ3v) is 5.82. The fraction of sp³-hybridized carbons (Fsp3) is 0.565. The monoisotopic (exact) mass is 514 g/mol. The lowest BCUT2D eigenvalue weighted by atomic mass is 10.1. The molecule has 0 saturated carbocycles. The Morgan fingerprint density at radius 3 is 1.86 bits per heavy atom. The summed E-state index contributed by atoms with van der Waals surface area (Å²) in [6, 6.07) is 10.2. The zero-order valence-electron chi connectivity index (χ0n) is 16.9. The van der Waals surface area contributed by atoms with Crippen LogP contribution in [0.2, 0.25) is 0 Å². The topological polar surface area (TPSA) is 27.7 Å². The van der Waals surface area contributed by atoms with Gasteiger partial charge in [0.25, 0.3) is 0 Å². The number of ether oxygens (including phenoxy) is 3. The van der Waals surface area contributed by atoms with Gasteiger partial charge in [0.2, 0.25) is 0 Å². The first-order valence-electron chi connectivity index (χ1n) is 10.3. The van der Waals surface area contributed by atoms with Crippen LogP contribution in [0.4, 0.5) is 0 Å². The van der Waals surface area contributed by atoms with Crippen LogP contribution in [0.3, 0.4) is 0 Å². The van der Waals surface area contributed by atoms with Crippen molar-refractivity contribution in [2.24, 2.45) is 0 Å². The van der Waals surface area contributed by atoms with Gasteiger partial charge in [-0.1, -0.05) is 81.8 Å². The maximum atomic E-state index is 6.15. The lowest BCUT2D eigenvalue weighted by molar-refractivity contribution is 0.283. The minimum absolute atomic E-state index is 0.705. The number of unbranched alkanes of at least 4 members (excludes halogenated alkanes) is 6. The number of fused-ring (bicyclic) bond motifs is 1. The Kier molecular flexibility index (Phi) is 11.8. The Balaban J connectivity index is 2.04. The number of benzene rings is 2. The minimum Gasteiger partial charge on any atom is -0.493 e. The average molecular weight is 516 g/mol. The summed E-state index contributed by atoms with van der Waals surface area (Å²) in [7, 11) is 1.69. The average Bonchev–Trinajstić information content (AvgIpc) is 2.73. The lowest BCUT2D eigenvalue weighted by Crippen LogP contribution is -2.03. The van der Waals surface area contributed by atoms with E-state index in [1.165, 1.54) is 38.5 Å². The van der Waals surface area contributed by atoms with E-state index in [0.717, 1.165) is 58.1 Å². The van der Waals surface area contributed by atoms with Crippen molar-refractivity contribution in [2.45, 2.75) is 51.4 Å². The second-order valence-electron chi connectivity index (χ2n) is 6.85. The molecule has 0 atom stereocenters. The summed E-state index contributed by atoms with van der Waals surface area (Å²) < 4.78 is 17.9. The van der Waals surface area contributed by atoms with E-state index in [4.69, 9.17) is 14.2 Å². The normalized spacial score (nSPS) is 11.0. The van der Waals surface area contributed by atoms with Crippen molar-refractivity contribution in [3.05, 3.63) is 30.3 Å². The Hall–Kier alpha value is -0.940. The van der Waals surface area contributed by atoms with E-state index < -0.39 is 0 Å². The summed E-state index contributed by atoms with van der Waals surface area (Å²) in [5, 5.41) is 4.28. The second-order valence-corrected chi connectivity index (χ2v) is 8.44. The molecule has 0 fully saturated rings. The Morgan fingerprint density at radius 2 is 1.25 bits per heavy atom. The van der Waals surface area contributed by atoms with Crippen LogP contribution in [0.1, 0.15) is 51.4 Å². The van der Waals surface area contributed by atoms with Crippen LogP contribution in [0, 0.1) is 0 Å². The molecule has 0 aliphatic carbocycles. The van der Waals surface area contributed by atoms with Crippen molar-refractivity contribution >= 4 is 42.6 Å². The Labute approximate surface area is 186 Å². The van der Waals surface area contributed by atoms with Crippen molar-refractivity contribution in [1.82, 2.24) is 0 Å². The molecule has 3 nitrogen and oxygen atoms in total. The molecule has 156 valence electrons. The number of alkyl halides is 2. The quantitative estimate of drug-likeness (QED) is 0.181. The maximum Gasteiger partial charge on any atom is 0.169 e. The van der Waals surface area contributed by atoms with Gasteiger partial charge in [-0.2, -0.15) is 0 Å². The highest BCUT2D eigenvalue weighted by atomic mass is 79.9. The summed E-state index contributed by atoms with van der Waals surface area (Å²) in [6.07, 6.45) is 9.40. The molecule has 0 N–H and O–H groups in total. The molecule has 0 radical (unpaired) electrons. The highest BCUT2D eigenvalue weighted by Crippen LogP contribution is 2.41. The van der Waals surface area contributed by atoms with Crippen molar-refractivity contribution in [1.29, 1.82) is 0 Å². The zero-order chi connectivity index (χ0) is 20.0. The summed E-state index contributed by atoms with van der Waals surface area (Å²) in [4.78, 5) is 0. The van der Waals surface area contributed by atoms with Gasteiger partial charge in [-0.3, -0.25) is 0 Å². The SMILES string of the molecule is COc1cc(OCCCCCCBr)c2ccccc2c1OCCCCCCBr. The molecular formula is C23H32Br2O3. The highest BCUT2D eigenvalue weighted by molar-refractivity contribution is 9.09. The first kappa shape index (κ1) is 23.3. The molecule has 5 heteroatoms. The third-order valence-electron chi connectivity index (χ3n) is 4.70. The smallest absolute Gasteiger partial charge is 0.169 e. The molecule has 0 heterocycles. The van der Waals surface area contributed by atoms with Crippen molar-refractivity contribution < 1.29 is 14.2 Å². The molecular weight excluding hydrogens is 484 g/mol. The van der Waals surface area contributed by atoms with E-state index >= 15 is 0 Å². The number of hydrogen-bond donors (Lipinski definition) is 0. The van der Waals surface area contributed by atoms with E-state index in [0.29, 0.717) is 6.61 Å². The van der Waals surface area contributed by atoms with E-state index in [1.807, 2.05) is 18.2 Å². The molecule has 0 amide bonds. The van der Waals surface area contributed by atoms with Crippen LogP contribution >= 0.6 is 31.9 Å². The van der Waals surface area contributed by atoms with Gasteiger partial charge in [0.05, 0.1) is 20.3 Å². The number of rotatable bonds is 15. The van der Waals surface area contributed by atoms with Gasteiger partial charge in [-0.25, -0.2) is 0 Å². The van der Waals surface area contributed by atoms with Gasteiger partial charge in [0, 0.05) is 27.5 Å². The van der Waals surface area contributed by atoms with Crippen LogP contribution in [0.5, 0.6) is 17.2 Å². The van der Waals surface area contributed by atoms with Gasteiger partial charge in [0.15, 0.2) is 11.5 Å². The molecule has 2 aromatic rings. The van der Waals surface area contributed by atoms with Crippen LogP contribution in [-0.4, -0.2) is 31.0 Å². The Bertz CT molecular complexity index is 691. The Morgan fingerprint density at radius 1 is 0.679 bits per heavy atom. The van der Waals surface area contributed by atoms with Gasteiger partial charge in [-0.05, 0) is 25.7 Å². The van der Waals surface area contributed by atoms with E-state index in [-0.39, 0.29) is 0 Å². The molecule has 28 heavy (non-hydrogen) atoms. The fourth-order valence-corrected chi connectivity index (χ4v) is 3.96. The first-order valence-corrected chi connectivity index (χ1v) is 12.5. The molecule has 2 aromatic carbocycles. The molecule has 2 rings (SSSR count). The van der Waals surface area contributed by atoms with E-state index in [2.05, 4.69) is 44.0 Å². The van der Waals surface area contributed by atoms with Gasteiger partial charge >= 0.3 is 0 Å². The van der Waals surface area contributed by atoms with Crippen LogP contribution in [0.15, 0.2) is 30.3 Å². The highest BCUT2D eigenvalue weighted by Gasteiger charge is 2.15. The molecule has 0 aliphatic heterocycles. The zero-order valence-corrected chi connectivity index (χ0v) is 20.0. The molecule has 0 bridgehead atoms. The lowest BCUT2D eigenvalue weighted by Gasteiger charge is -2.17. The van der Waals surface area contributed by atoms with E-state index in [9.17, 15) is 0 Å². The molecule has 0 unspecified atom stereocenters. The third kappa shape index (κ3) is 7.47. The largest absolute Gasteiger partial charge is 0.493 e. The van der Waals surface area contributed by atoms with Gasteiger partial charge < -0.3 is 14.2 Å². The number of hydrogen-bond acceptors (Lipinski definition) is 3. The molecule has 0 aliphatic rings. The summed E-state index contributed by atoms with van der Waals surface area (Å²) >= 11 is 6.96. The van der Waals surface area contributed by atoms with E-state index in [1.54, 1.807) is 7.11 Å². The fourth-order valence-electron chi connectivity index (χ4n) is 3.17. The van der Waals surface area contributed by atoms with Gasteiger partial charge in [-0.15, -0.1) is 0 Å². The van der Waals surface area contributed by atoms with Crippen LogP contribution in [0.25, 0.3) is 10.8 Å². The summed E-state index contributed by atoms with van der Waals surface area (Å²) in [5.74, 6) is 2.44. The van der Waals surface area contributed by atoms with Gasteiger partial charge in [0.1, 0.15) is 5.75 Å². The molecule has 0 spiro atoms. The summed E-state index contributed by atoms with van der Waals surface area (Å²) in [6.45, 7) is 1.43. The number of methoxy groups -OCH3 is 1. The maximum absolute atomic E-state index is 6.15. The molecule has 0 aromatic heterocycles. The second kappa shape index (κ2) is 14.1. The number of halogens is 2.